The first-order valence-electron chi connectivity index (χ1n) is 17.7. The largest absolute Gasteiger partial charge is 0.495 e. The highest BCUT2D eigenvalue weighted by Crippen LogP contribution is 2.38. The molecule has 1 saturated heterocycles. The number of amides is 2. The molecular formula is C38H51N5O5. The van der Waals surface area contributed by atoms with Crippen molar-refractivity contribution in [2.75, 3.05) is 38.8 Å². The van der Waals surface area contributed by atoms with Crippen molar-refractivity contribution < 1.29 is 23.8 Å². The Morgan fingerprint density at radius 1 is 0.938 bits per heavy atom. The molecule has 3 heterocycles. The van der Waals surface area contributed by atoms with E-state index in [0.29, 0.717) is 57.2 Å². The van der Waals surface area contributed by atoms with E-state index in [0.717, 1.165) is 59.6 Å². The van der Waals surface area contributed by atoms with Gasteiger partial charge in [0.2, 0.25) is 5.91 Å². The minimum absolute atomic E-state index is 0.0974. The standard InChI is InChI=1S/C38H51N5O5/c1-25(2)43-22-31(20-39-43)30-7-6-8-32(19-30)42(21-27-9-11-28(12-10-27)35-17-18-36(47-5)26(3)40-35)37(44)29-13-15-33(16-14-29)48-38(45)41-23-34(24-41)46-4/h6-8,17-20,22,25,27-29,33-34H,9-16,21,23-24H2,1-5H3/t27-,28-,29-,33-. The molecule has 6 rings (SSSR count). The molecule has 3 aliphatic rings. The molecule has 10 nitrogen and oxygen atoms in total. The number of hydrogen-bond acceptors (Lipinski definition) is 7. The summed E-state index contributed by atoms with van der Waals surface area (Å²) in [5, 5.41) is 4.55. The van der Waals surface area contributed by atoms with Crippen LogP contribution in [0.1, 0.15) is 88.6 Å². The van der Waals surface area contributed by atoms with E-state index in [9.17, 15) is 9.59 Å². The number of aromatic nitrogens is 3. The Hall–Kier alpha value is -3.92. The quantitative estimate of drug-likeness (QED) is 0.228. The SMILES string of the molecule is COc1ccc([C@H]2CC[C@H](CN(c3cccc(-c4cnn(C(C)C)c4)c3)C(=O)[C@H]3CC[C@H](OC(=O)N4CC(OC)C4)CC3)CC2)nc1C. The van der Waals surface area contributed by atoms with Gasteiger partial charge >= 0.3 is 6.09 Å². The molecule has 2 aliphatic carbocycles. The zero-order chi connectivity index (χ0) is 33.8. The van der Waals surface area contributed by atoms with Crippen molar-refractivity contribution in [2.24, 2.45) is 11.8 Å². The van der Waals surface area contributed by atoms with Crippen molar-refractivity contribution >= 4 is 17.7 Å². The lowest BCUT2D eigenvalue weighted by atomic mass is 9.79. The fraction of sp³-hybridized carbons (Fsp3) is 0.579. The van der Waals surface area contributed by atoms with Crippen LogP contribution in [0.15, 0.2) is 48.8 Å². The molecule has 1 aromatic carbocycles. The fourth-order valence-electron chi connectivity index (χ4n) is 7.46. The number of benzene rings is 1. The summed E-state index contributed by atoms with van der Waals surface area (Å²) >= 11 is 0. The Morgan fingerprint density at radius 2 is 1.69 bits per heavy atom. The van der Waals surface area contributed by atoms with Gasteiger partial charge in [0.05, 0.1) is 38.2 Å². The Balaban J connectivity index is 1.14. The third-order valence-corrected chi connectivity index (χ3v) is 10.6. The molecule has 10 heteroatoms. The number of rotatable bonds is 10. The number of hydrogen-bond donors (Lipinski definition) is 0. The molecule has 258 valence electrons. The van der Waals surface area contributed by atoms with Gasteiger partial charge in [-0.2, -0.15) is 5.10 Å². The van der Waals surface area contributed by atoms with Crippen LogP contribution in [0.25, 0.3) is 11.1 Å². The second-order valence-electron chi connectivity index (χ2n) is 14.2. The predicted molar refractivity (Wildman–Crippen MR) is 185 cm³/mol. The number of pyridine rings is 1. The van der Waals surface area contributed by atoms with Crippen LogP contribution >= 0.6 is 0 Å². The van der Waals surface area contributed by atoms with Gasteiger partial charge in [-0.1, -0.05) is 12.1 Å². The lowest BCUT2D eigenvalue weighted by Gasteiger charge is -2.39. The Morgan fingerprint density at radius 3 is 2.33 bits per heavy atom. The van der Waals surface area contributed by atoms with Crippen LogP contribution in [0.3, 0.4) is 0 Å². The molecule has 0 unspecified atom stereocenters. The summed E-state index contributed by atoms with van der Waals surface area (Å²) in [5.74, 6) is 1.73. The van der Waals surface area contributed by atoms with Gasteiger partial charge < -0.3 is 24.0 Å². The van der Waals surface area contributed by atoms with E-state index >= 15 is 0 Å². The molecule has 2 amide bonds. The summed E-state index contributed by atoms with van der Waals surface area (Å²) in [5.41, 5.74) is 5.10. The number of aryl methyl sites for hydroxylation is 1. The van der Waals surface area contributed by atoms with Gasteiger partial charge in [-0.3, -0.25) is 14.5 Å². The maximum atomic E-state index is 14.4. The second-order valence-corrected chi connectivity index (χ2v) is 14.2. The van der Waals surface area contributed by atoms with Gasteiger partial charge in [0.1, 0.15) is 11.9 Å². The van der Waals surface area contributed by atoms with Gasteiger partial charge in [0.25, 0.3) is 0 Å². The smallest absolute Gasteiger partial charge is 0.410 e. The number of anilines is 1. The van der Waals surface area contributed by atoms with Crippen LogP contribution in [0, 0.1) is 18.8 Å². The van der Waals surface area contributed by atoms with Crippen LogP contribution < -0.4 is 9.64 Å². The molecule has 3 aromatic rings. The van der Waals surface area contributed by atoms with Gasteiger partial charge in [0, 0.05) is 54.7 Å². The van der Waals surface area contributed by atoms with Crippen molar-refractivity contribution in [2.45, 2.75) is 96.3 Å². The average Bonchev–Trinajstić information content (AvgIpc) is 3.58. The molecule has 2 aromatic heterocycles. The maximum Gasteiger partial charge on any atom is 0.410 e. The van der Waals surface area contributed by atoms with Crippen LogP contribution in [0.2, 0.25) is 0 Å². The lowest BCUT2D eigenvalue weighted by molar-refractivity contribution is -0.124. The van der Waals surface area contributed by atoms with Crippen molar-refractivity contribution in [1.82, 2.24) is 19.7 Å². The minimum Gasteiger partial charge on any atom is -0.495 e. The summed E-state index contributed by atoms with van der Waals surface area (Å²) in [6, 6.07) is 12.8. The van der Waals surface area contributed by atoms with Crippen LogP contribution in [0.4, 0.5) is 10.5 Å². The first-order valence-corrected chi connectivity index (χ1v) is 17.7. The second kappa shape index (κ2) is 15.1. The molecular weight excluding hydrogens is 606 g/mol. The van der Waals surface area contributed by atoms with E-state index in [1.54, 1.807) is 19.1 Å². The van der Waals surface area contributed by atoms with E-state index in [2.05, 4.69) is 54.3 Å². The summed E-state index contributed by atoms with van der Waals surface area (Å²) in [4.78, 5) is 35.6. The van der Waals surface area contributed by atoms with Crippen molar-refractivity contribution in [1.29, 1.82) is 0 Å². The first-order chi connectivity index (χ1) is 23.2. The lowest BCUT2D eigenvalue weighted by Crippen LogP contribution is -2.55. The highest BCUT2D eigenvalue weighted by Gasteiger charge is 2.36. The molecule has 0 N–H and O–H groups in total. The predicted octanol–water partition coefficient (Wildman–Crippen LogP) is 7.18. The normalized spacial score (nSPS) is 23.1. The monoisotopic (exact) mass is 657 g/mol. The highest BCUT2D eigenvalue weighted by atomic mass is 16.6. The van der Waals surface area contributed by atoms with E-state index in [-0.39, 0.29) is 36.2 Å². The molecule has 0 bridgehead atoms. The summed E-state index contributed by atoms with van der Waals surface area (Å²) in [7, 11) is 3.35. The summed E-state index contributed by atoms with van der Waals surface area (Å²) in [6.45, 7) is 8.08. The molecule has 0 radical (unpaired) electrons. The maximum absolute atomic E-state index is 14.4. The Bertz CT molecular complexity index is 1550. The van der Waals surface area contributed by atoms with Crippen molar-refractivity contribution in [3.05, 3.63) is 60.2 Å². The van der Waals surface area contributed by atoms with Crippen LogP contribution in [0.5, 0.6) is 5.75 Å². The Labute approximate surface area is 284 Å². The van der Waals surface area contributed by atoms with E-state index in [1.165, 1.54) is 0 Å². The molecule has 2 saturated carbocycles. The first kappa shape index (κ1) is 34.0. The van der Waals surface area contributed by atoms with Crippen molar-refractivity contribution in [3.63, 3.8) is 0 Å². The fourth-order valence-corrected chi connectivity index (χ4v) is 7.46. The van der Waals surface area contributed by atoms with E-state index < -0.39 is 0 Å². The number of carbonyl (C=O) groups is 2. The molecule has 3 fully saturated rings. The van der Waals surface area contributed by atoms with Gasteiger partial charge in [-0.05, 0) is 108 Å². The average molecular weight is 658 g/mol. The van der Waals surface area contributed by atoms with Crippen LogP contribution in [-0.4, -0.2) is 77.7 Å². The highest BCUT2D eigenvalue weighted by molar-refractivity contribution is 5.95. The number of ether oxygens (including phenoxy) is 3. The van der Waals surface area contributed by atoms with Crippen LogP contribution in [-0.2, 0) is 14.3 Å². The van der Waals surface area contributed by atoms with Crippen molar-refractivity contribution in [3.8, 4) is 16.9 Å². The number of nitrogens with zero attached hydrogens (tertiary/aromatic N) is 5. The minimum atomic E-state index is -0.270. The molecule has 0 atom stereocenters. The number of likely N-dealkylation sites (tertiary alicyclic amines) is 1. The summed E-state index contributed by atoms with van der Waals surface area (Å²) < 4.78 is 18.5. The van der Waals surface area contributed by atoms with E-state index in [4.69, 9.17) is 19.2 Å². The zero-order valence-electron chi connectivity index (χ0n) is 29.1. The molecule has 0 spiro atoms. The van der Waals surface area contributed by atoms with Gasteiger partial charge in [-0.25, -0.2) is 4.79 Å². The molecule has 1 aliphatic heterocycles. The van der Waals surface area contributed by atoms with E-state index in [1.807, 2.05) is 29.9 Å². The zero-order valence-corrected chi connectivity index (χ0v) is 29.1. The summed E-state index contributed by atoms with van der Waals surface area (Å²) in [6.07, 6.45) is 10.7. The third kappa shape index (κ3) is 7.69. The third-order valence-electron chi connectivity index (χ3n) is 10.6. The van der Waals surface area contributed by atoms with Gasteiger partial charge in [-0.15, -0.1) is 0 Å². The van der Waals surface area contributed by atoms with Gasteiger partial charge in [0.15, 0.2) is 0 Å². The topological polar surface area (TPSA) is 99.0 Å². The molecule has 48 heavy (non-hydrogen) atoms. The number of methoxy groups -OCH3 is 2. The number of carbonyl (C=O) groups excluding carboxylic acids is 2. The Kier molecular flexibility index (Phi) is 10.7.